The molecule has 1 saturated heterocycles. The number of nitrogens with one attached hydrogen (secondary N) is 1. The fraction of sp³-hybridized carbons (Fsp3) is 0.667. The van der Waals surface area contributed by atoms with Gasteiger partial charge in [-0.25, -0.2) is 0 Å². The molecule has 0 bridgehead atoms. The van der Waals surface area contributed by atoms with Gasteiger partial charge in [-0.2, -0.15) is 0 Å². The van der Waals surface area contributed by atoms with Crippen LogP contribution in [0.3, 0.4) is 0 Å². The summed E-state index contributed by atoms with van der Waals surface area (Å²) in [5.41, 5.74) is 6.89. The SMILES string of the molecule is CNC(=O)c1sc(N2CCC(C)(C)C2)c(OC(C)C)c1N. The molecular weight excluding hydrogens is 286 g/mol. The molecule has 2 rings (SSSR count). The van der Waals surface area contributed by atoms with Crippen molar-refractivity contribution >= 4 is 27.9 Å². The Hall–Kier alpha value is -1.43. The van der Waals surface area contributed by atoms with E-state index in [9.17, 15) is 4.79 Å². The van der Waals surface area contributed by atoms with E-state index in [0.29, 0.717) is 16.3 Å². The van der Waals surface area contributed by atoms with Crippen LogP contribution in [-0.4, -0.2) is 32.1 Å². The fourth-order valence-electron chi connectivity index (χ4n) is 2.54. The second-order valence-corrected chi connectivity index (χ2v) is 7.56. The lowest BCUT2D eigenvalue weighted by molar-refractivity contribution is 0.0967. The number of hydrogen-bond acceptors (Lipinski definition) is 5. The van der Waals surface area contributed by atoms with Gasteiger partial charge in [0.05, 0.1) is 6.10 Å². The van der Waals surface area contributed by atoms with Crippen molar-refractivity contribution in [2.45, 2.75) is 40.2 Å². The van der Waals surface area contributed by atoms with Crippen LogP contribution < -0.4 is 20.7 Å². The second kappa shape index (κ2) is 5.75. The molecule has 1 amide bonds. The monoisotopic (exact) mass is 311 g/mol. The lowest BCUT2D eigenvalue weighted by Crippen LogP contribution is -2.22. The number of rotatable bonds is 4. The summed E-state index contributed by atoms with van der Waals surface area (Å²) in [5.74, 6) is 0.502. The number of nitrogens with zero attached hydrogens (tertiary/aromatic N) is 1. The minimum atomic E-state index is -0.157. The number of nitrogens with two attached hydrogens (primary N) is 1. The predicted octanol–water partition coefficient (Wildman–Crippen LogP) is 2.71. The van der Waals surface area contributed by atoms with Crippen LogP contribution in [0.25, 0.3) is 0 Å². The zero-order valence-electron chi connectivity index (χ0n) is 13.4. The number of thiophene rings is 1. The van der Waals surface area contributed by atoms with Crippen LogP contribution in [0.5, 0.6) is 5.75 Å². The van der Waals surface area contributed by atoms with E-state index in [1.165, 1.54) is 11.3 Å². The summed E-state index contributed by atoms with van der Waals surface area (Å²) in [5, 5.41) is 3.62. The highest BCUT2D eigenvalue weighted by molar-refractivity contribution is 7.19. The normalized spacial score (nSPS) is 17.3. The van der Waals surface area contributed by atoms with Gasteiger partial charge in [0.25, 0.3) is 5.91 Å². The third kappa shape index (κ3) is 3.26. The molecule has 3 N–H and O–H groups in total. The van der Waals surface area contributed by atoms with E-state index in [1.807, 2.05) is 13.8 Å². The largest absolute Gasteiger partial charge is 0.486 e. The minimum absolute atomic E-state index is 0.0220. The Bertz CT molecular complexity index is 537. The molecule has 1 aromatic rings. The number of amides is 1. The van der Waals surface area contributed by atoms with Gasteiger partial charge >= 0.3 is 0 Å². The Kier molecular flexibility index (Phi) is 4.37. The Morgan fingerprint density at radius 3 is 2.62 bits per heavy atom. The van der Waals surface area contributed by atoms with Crippen LogP contribution in [0.15, 0.2) is 0 Å². The van der Waals surface area contributed by atoms with E-state index in [4.69, 9.17) is 10.5 Å². The highest BCUT2D eigenvalue weighted by Gasteiger charge is 2.34. The van der Waals surface area contributed by atoms with Crippen molar-refractivity contribution in [1.82, 2.24) is 5.32 Å². The van der Waals surface area contributed by atoms with E-state index < -0.39 is 0 Å². The molecule has 1 aromatic heterocycles. The Morgan fingerprint density at radius 2 is 2.14 bits per heavy atom. The van der Waals surface area contributed by atoms with Gasteiger partial charge in [0.15, 0.2) is 5.75 Å². The van der Waals surface area contributed by atoms with E-state index in [2.05, 4.69) is 24.1 Å². The summed E-state index contributed by atoms with van der Waals surface area (Å²) in [6.07, 6.45) is 1.15. The second-order valence-electron chi connectivity index (χ2n) is 6.56. The quantitative estimate of drug-likeness (QED) is 0.897. The number of anilines is 2. The Labute approximate surface area is 130 Å². The minimum Gasteiger partial charge on any atom is -0.486 e. The first-order valence-electron chi connectivity index (χ1n) is 7.31. The van der Waals surface area contributed by atoms with E-state index >= 15 is 0 Å². The molecule has 5 nitrogen and oxygen atoms in total. The first-order chi connectivity index (χ1) is 9.75. The van der Waals surface area contributed by atoms with Crippen LogP contribution >= 0.6 is 11.3 Å². The first-order valence-corrected chi connectivity index (χ1v) is 8.13. The molecular formula is C15H25N3O2S. The Balaban J connectivity index is 2.41. The maximum Gasteiger partial charge on any atom is 0.263 e. The molecule has 0 saturated carbocycles. The lowest BCUT2D eigenvalue weighted by atomic mass is 9.93. The van der Waals surface area contributed by atoms with Crippen molar-refractivity contribution in [2.24, 2.45) is 5.41 Å². The van der Waals surface area contributed by atoms with Crippen molar-refractivity contribution in [2.75, 3.05) is 30.8 Å². The number of nitrogen functional groups attached to an aromatic ring is 1. The van der Waals surface area contributed by atoms with Gasteiger partial charge in [-0.15, -0.1) is 11.3 Å². The van der Waals surface area contributed by atoms with Crippen molar-refractivity contribution in [1.29, 1.82) is 0 Å². The molecule has 6 heteroatoms. The van der Waals surface area contributed by atoms with E-state index in [0.717, 1.165) is 24.5 Å². The molecule has 118 valence electrons. The molecule has 0 unspecified atom stereocenters. The van der Waals surface area contributed by atoms with E-state index in [1.54, 1.807) is 7.05 Å². The third-order valence-corrected chi connectivity index (χ3v) is 4.88. The van der Waals surface area contributed by atoms with Gasteiger partial charge in [0.2, 0.25) is 0 Å². The molecule has 0 aliphatic carbocycles. The average molecular weight is 311 g/mol. The fourth-order valence-corrected chi connectivity index (χ4v) is 3.67. The molecule has 21 heavy (non-hydrogen) atoms. The molecule has 1 aliphatic heterocycles. The maximum atomic E-state index is 12.0. The predicted molar refractivity (Wildman–Crippen MR) is 88.5 cm³/mol. The smallest absolute Gasteiger partial charge is 0.263 e. The molecule has 1 fully saturated rings. The van der Waals surface area contributed by atoms with Gasteiger partial charge in [0.1, 0.15) is 15.6 Å². The van der Waals surface area contributed by atoms with Crippen LogP contribution in [-0.2, 0) is 0 Å². The zero-order valence-corrected chi connectivity index (χ0v) is 14.3. The maximum absolute atomic E-state index is 12.0. The van der Waals surface area contributed by atoms with E-state index in [-0.39, 0.29) is 17.4 Å². The summed E-state index contributed by atoms with van der Waals surface area (Å²) in [7, 11) is 1.61. The summed E-state index contributed by atoms with van der Waals surface area (Å²) in [4.78, 5) is 14.8. The highest BCUT2D eigenvalue weighted by atomic mass is 32.1. The van der Waals surface area contributed by atoms with Gasteiger partial charge in [-0.1, -0.05) is 13.8 Å². The standard InChI is InChI=1S/C15H25N3O2S/c1-9(2)20-11-10(16)12(13(19)17-5)21-14(11)18-7-6-15(3,4)8-18/h9H,6-8,16H2,1-5H3,(H,17,19). The summed E-state index contributed by atoms with van der Waals surface area (Å²) in [6.45, 7) is 10.4. The topological polar surface area (TPSA) is 67.6 Å². The first kappa shape index (κ1) is 15.9. The van der Waals surface area contributed by atoms with Gasteiger partial charge < -0.3 is 20.7 Å². The van der Waals surface area contributed by atoms with Crippen molar-refractivity contribution in [3.8, 4) is 5.75 Å². The number of carbonyl (C=O) groups excluding carboxylic acids is 1. The number of hydrogen-bond donors (Lipinski definition) is 2. The molecule has 0 spiro atoms. The van der Waals surface area contributed by atoms with Gasteiger partial charge in [-0.3, -0.25) is 4.79 Å². The number of carbonyl (C=O) groups is 1. The summed E-state index contributed by atoms with van der Waals surface area (Å²) in [6, 6.07) is 0. The summed E-state index contributed by atoms with van der Waals surface area (Å²) >= 11 is 1.42. The third-order valence-electron chi connectivity index (χ3n) is 3.63. The Morgan fingerprint density at radius 1 is 1.48 bits per heavy atom. The number of ether oxygens (including phenoxy) is 1. The van der Waals surface area contributed by atoms with Gasteiger partial charge in [-0.05, 0) is 25.7 Å². The van der Waals surface area contributed by atoms with Crippen molar-refractivity contribution < 1.29 is 9.53 Å². The molecule has 1 aliphatic rings. The molecule has 0 aromatic carbocycles. The average Bonchev–Trinajstić information content (AvgIpc) is 2.90. The summed E-state index contributed by atoms with van der Waals surface area (Å²) < 4.78 is 5.90. The zero-order chi connectivity index (χ0) is 15.8. The lowest BCUT2D eigenvalue weighted by Gasteiger charge is -2.22. The van der Waals surface area contributed by atoms with Crippen molar-refractivity contribution in [3.63, 3.8) is 0 Å². The molecule has 2 heterocycles. The van der Waals surface area contributed by atoms with Crippen molar-refractivity contribution in [3.05, 3.63) is 4.88 Å². The molecule has 0 radical (unpaired) electrons. The van der Waals surface area contributed by atoms with Crippen LogP contribution in [0.1, 0.15) is 43.8 Å². The van der Waals surface area contributed by atoms with Crippen LogP contribution in [0, 0.1) is 5.41 Å². The van der Waals surface area contributed by atoms with Crippen LogP contribution in [0.2, 0.25) is 0 Å². The highest BCUT2D eigenvalue weighted by Crippen LogP contribution is 2.48. The van der Waals surface area contributed by atoms with Gasteiger partial charge in [0, 0.05) is 20.1 Å². The van der Waals surface area contributed by atoms with Crippen LogP contribution in [0.4, 0.5) is 10.7 Å². The molecule has 0 atom stereocenters.